The second kappa shape index (κ2) is 7.10. The Morgan fingerprint density at radius 3 is 2.06 bits per heavy atom. The van der Waals surface area contributed by atoms with Crippen molar-refractivity contribution in [2.45, 2.75) is 39.1 Å². The van der Waals surface area contributed by atoms with Crippen molar-refractivity contribution >= 4 is 18.0 Å². The quantitative estimate of drug-likeness (QED) is 0.333. The first-order valence-electron chi connectivity index (χ1n) is 4.97. The van der Waals surface area contributed by atoms with E-state index in [2.05, 4.69) is 9.37 Å². The molecule has 1 N–H and O–H groups in total. The van der Waals surface area contributed by atoms with E-state index in [1.807, 2.05) is 0 Å². The van der Waals surface area contributed by atoms with Crippen molar-refractivity contribution in [1.29, 1.82) is 0 Å². The minimum Gasteiger partial charge on any atom is -0.457 e. The van der Waals surface area contributed by atoms with E-state index in [1.54, 1.807) is 27.7 Å². The number of rotatable bonds is 7. The fourth-order valence-electron chi connectivity index (χ4n) is 1.33. The number of hydrogen-bond acceptors (Lipinski definition) is 6. The minimum atomic E-state index is -3.94. The maximum atomic E-state index is 13.1. The number of alkyl halides is 2. The van der Waals surface area contributed by atoms with E-state index >= 15 is 0 Å². The van der Waals surface area contributed by atoms with Crippen LogP contribution in [-0.4, -0.2) is 22.6 Å². The van der Waals surface area contributed by atoms with Crippen LogP contribution in [0.15, 0.2) is 0 Å². The molecule has 5 nitrogen and oxygen atoms in total. The zero-order valence-corrected chi connectivity index (χ0v) is 10.8. The second-order valence-corrected chi connectivity index (χ2v) is 4.92. The molecule has 0 aliphatic carbocycles. The maximum Gasteiger partial charge on any atom is 0.415 e. The van der Waals surface area contributed by atoms with Crippen LogP contribution < -0.4 is 0 Å². The Bertz CT molecular complexity index is 240. The van der Waals surface area contributed by atoms with Crippen molar-refractivity contribution in [2.75, 3.05) is 0 Å². The first-order valence-corrected chi connectivity index (χ1v) is 5.71. The van der Waals surface area contributed by atoms with Crippen molar-refractivity contribution in [3.8, 4) is 0 Å². The van der Waals surface area contributed by atoms with Crippen LogP contribution in [-0.2, 0) is 18.9 Å². The first kappa shape index (κ1) is 16.6. The summed E-state index contributed by atoms with van der Waals surface area (Å²) in [6.07, 6.45) is -0.621. The lowest BCUT2D eigenvalue weighted by molar-refractivity contribution is -0.433. The molecule has 0 heterocycles. The summed E-state index contributed by atoms with van der Waals surface area (Å²) in [5.41, 5.74) is 0. The Kier molecular flexibility index (Phi) is 6.91. The van der Waals surface area contributed by atoms with E-state index in [0.29, 0.717) is 0 Å². The van der Waals surface area contributed by atoms with Gasteiger partial charge in [-0.2, -0.15) is 8.78 Å². The van der Waals surface area contributed by atoms with E-state index in [4.69, 9.17) is 9.99 Å². The van der Waals surface area contributed by atoms with Gasteiger partial charge in [0, 0.05) is 0 Å². The van der Waals surface area contributed by atoms with Gasteiger partial charge in [0.2, 0.25) is 0 Å². The number of carbonyl (C=O) groups excluding carboxylic acids is 1. The fourth-order valence-corrected chi connectivity index (χ4v) is 1.56. The highest BCUT2D eigenvalue weighted by Crippen LogP contribution is 2.32. The van der Waals surface area contributed by atoms with E-state index < -0.39 is 29.4 Å². The molecule has 0 radical (unpaired) electrons. The van der Waals surface area contributed by atoms with Crippen molar-refractivity contribution in [3.63, 3.8) is 0 Å². The summed E-state index contributed by atoms with van der Waals surface area (Å²) in [5, 5.41) is 6.80. The molecule has 0 atom stereocenters. The highest BCUT2D eigenvalue weighted by Gasteiger charge is 2.45. The predicted molar refractivity (Wildman–Crippen MR) is 56.9 cm³/mol. The third-order valence-electron chi connectivity index (χ3n) is 1.96. The van der Waals surface area contributed by atoms with Crippen molar-refractivity contribution in [3.05, 3.63) is 0 Å². The van der Waals surface area contributed by atoms with Gasteiger partial charge in [0.05, 0.1) is 0 Å². The molecule has 0 aromatic rings. The summed E-state index contributed by atoms with van der Waals surface area (Å²) in [6.45, 7) is 7.04. The van der Waals surface area contributed by atoms with Gasteiger partial charge in [0.1, 0.15) is 18.1 Å². The number of hydrogen-bond donors (Lipinski definition) is 1. The summed E-state index contributed by atoms with van der Waals surface area (Å²) in [4.78, 5) is 11.2. The molecule has 0 aliphatic rings. The van der Waals surface area contributed by atoms with Gasteiger partial charge in [-0.25, -0.2) is 10.1 Å². The third-order valence-corrected chi connectivity index (χ3v) is 2.47. The van der Waals surface area contributed by atoms with Gasteiger partial charge in [0.25, 0.3) is 0 Å². The van der Waals surface area contributed by atoms with Crippen molar-refractivity contribution < 1.29 is 32.9 Å². The van der Waals surface area contributed by atoms with Gasteiger partial charge in [-0.05, 0) is 11.8 Å². The van der Waals surface area contributed by atoms with Crippen LogP contribution in [0.5, 0.6) is 0 Å². The molecule has 0 aromatic carbocycles. The Labute approximate surface area is 102 Å². The third kappa shape index (κ3) is 5.62. The Morgan fingerprint density at radius 1 is 1.24 bits per heavy atom. The molecule has 0 fully saturated rings. The molecule has 0 aromatic heterocycles. The van der Waals surface area contributed by atoms with Crippen LogP contribution in [0.25, 0.3) is 0 Å². The topological polar surface area (TPSA) is 65.0 Å². The highest BCUT2D eigenvalue weighted by molar-refractivity contribution is 7.96. The van der Waals surface area contributed by atoms with Gasteiger partial charge >= 0.3 is 11.2 Å². The molecule has 0 spiro atoms. The Hall–Kier alpha value is -0.440. The summed E-state index contributed by atoms with van der Waals surface area (Å²) in [5.74, 6) is -1.91. The second-order valence-electron chi connectivity index (χ2n) is 4.10. The van der Waals surface area contributed by atoms with Gasteiger partial charge in [-0.15, -0.1) is 4.33 Å². The molecule has 0 saturated carbocycles. The number of halogens is 2. The lowest BCUT2D eigenvalue weighted by Crippen LogP contribution is -2.36. The lowest BCUT2D eigenvalue weighted by atomic mass is 9.96. The molecule has 0 amide bonds. The van der Waals surface area contributed by atoms with Crippen LogP contribution in [0.1, 0.15) is 27.7 Å². The summed E-state index contributed by atoms with van der Waals surface area (Å²) >= 11 is -0.628. The highest BCUT2D eigenvalue weighted by atomic mass is 32.2. The zero-order valence-electron chi connectivity index (χ0n) is 9.98. The van der Waals surface area contributed by atoms with Gasteiger partial charge in [-0.3, -0.25) is 0 Å². The number of carbonyl (C=O) groups is 1. The van der Waals surface area contributed by atoms with E-state index in [0.717, 1.165) is 0 Å². The largest absolute Gasteiger partial charge is 0.457 e. The van der Waals surface area contributed by atoms with Crippen LogP contribution in [0, 0.1) is 11.8 Å². The normalized spacial score (nSPS) is 12.6. The molecular weight excluding hydrogens is 258 g/mol. The van der Waals surface area contributed by atoms with Gasteiger partial charge in [0.15, 0.2) is 0 Å². The molecule has 0 bridgehead atoms. The SMILES string of the molecule is CC(C)C(OC(=O)C(F)(F)SOOO)C(C)C. The lowest BCUT2D eigenvalue weighted by Gasteiger charge is -2.26. The zero-order chi connectivity index (χ0) is 13.6. The summed E-state index contributed by atoms with van der Waals surface area (Å²) in [6, 6.07) is 0. The van der Waals surface area contributed by atoms with Gasteiger partial charge in [-0.1, -0.05) is 32.7 Å². The molecular formula is C9H16F2O5S. The van der Waals surface area contributed by atoms with Crippen LogP contribution in [0.3, 0.4) is 0 Å². The predicted octanol–water partition coefficient (Wildman–Crippen LogP) is 2.87. The molecule has 0 aliphatic heterocycles. The van der Waals surface area contributed by atoms with Crippen molar-refractivity contribution in [1.82, 2.24) is 0 Å². The van der Waals surface area contributed by atoms with E-state index in [-0.39, 0.29) is 11.8 Å². The average molecular weight is 274 g/mol. The maximum absolute atomic E-state index is 13.1. The molecule has 8 heteroatoms. The summed E-state index contributed by atoms with van der Waals surface area (Å²) < 4.78 is 34.4. The standard InChI is InChI=1S/C9H16F2O5S/c1-5(2)7(6(3)4)14-8(12)9(10,11)17-16-15-13/h5-7,13H,1-4H3. The van der Waals surface area contributed by atoms with Crippen molar-refractivity contribution in [2.24, 2.45) is 11.8 Å². The van der Waals surface area contributed by atoms with Gasteiger partial charge < -0.3 is 4.74 Å². The first-order chi connectivity index (χ1) is 7.72. The Morgan fingerprint density at radius 2 is 1.71 bits per heavy atom. The van der Waals surface area contributed by atoms with Crippen LogP contribution in [0.2, 0.25) is 0 Å². The summed E-state index contributed by atoms with van der Waals surface area (Å²) in [7, 11) is 0. The molecule has 0 unspecified atom stereocenters. The Balaban J connectivity index is 4.49. The molecule has 17 heavy (non-hydrogen) atoms. The van der Waals surface area contributed by atoms with Crippen LogP contribution in [0.4, 0.5) is 8.78 Å². The minimum absolute atomic E-state index is 0.0882. The van der Waals surface area contributed by atoms with Crippen LogP contribution >= 0.6 is 12.0 Å². The fraction of sp³-hybridized carbons (Fsp3) is 0.889. The van der Waals surface area contributed by atoms with E-state index in [9.17, 15) is 13.6 Å². The number of ether oxygens (including phenoxy) is 1. The average Bonchev–Trinajstić information content (AvgIpc) is 2.21. The molecule has 0 rings (SSSR count). The molecule has 102 valence electrons. The number of esters is 1. The monoisotopic (exact) mass is 274 g/mol. The molecule has 0 saturated heterocycles. The smallest absolute Gasteiger partial charge is 0.415 e. The van der Waals surface area contributed by atoms with E-state index in [1.165, 1.54) is 0 Å².